The van der Waals surface area contributed by atoms with E-state index in [4.69, 9.17) is 19.4 Å². The molecule has 16 nitrogen and oxygen atoms in total. The molecule has 0 radical (unpaired) electrons. The largest absolute Gasteiger partial charge is 0.493 e. The number of nitrogens with zero attached hydrogens (tertiary/aromatic N) is 11. The Morgan fingerprint density at radius 3 is 1.48 bits per heavy atom. The summed E-state index contributed by atoms with van der Waals surface area (Å²) in [6, 6.07) is 12.6. The first-order valence-electron chi connectivity index (χ1n) is 21.2. The van der Waals surface area contributed by atoms with Crippen molar-refractivity contribution in [3.8, 4) is 34.0 Å². The van der Waals surface area contributed by atoms with Gasteiger partial charge in [-0.1, -0.05) is 27.7 Å². The van der Waals surface area contributed by atoms with E-state index in [-0.39, 0.29) is 0 Å². The Labute approximate surface area is 353 Å². The molecule has 0 aliphatic carbocycles. The highest BCUT2D eigenvalue weighted by molar-refractivity contribution is 5.91. The van der Waals surface area contributed by atoms with Gasteiger partial charge in [-0.05, 0) is 55.3 Å². The molecular formula is C45H52N14O2. The summed E-state index contributed by atoms with van der Waals surface area (Å²) in [6.07, 6.45) is 7.07. The molecule has 12 heterocycles. The van der Waals surface area contributed by atoms with E-state index in [9.17, 15) is 0 Å². The van der Waals surface area contributed by atoms with Crippen LogP contribution in [0.2, 0.25) is 0 Å². The first-order valence-corrected chi connectivity index (χ1v) is 21.2. The average molecular weight is 821 g/mol. The highest BCUT2D eigenvalue weighted by Crippen LogP contribution is 2.43. The summed E-state index contributed by atoms with van der Waals surface area (Å²) < 4.78 is 14.7. The second kappa shape index (κ2) is 13.9. The zero-order chi connectivity index (χ0) is 41.8. The molecule has 314 valence electrons. The van der Waals surface area contributed by atoms with Gasteiger partial charge in [0.25, 0.3) is 0 Å². The Bertz CT molecular complexity index is 2950. The molecule has 0 saturated carbocycles. The van der Waals surface area contributed by atoms with Crippen LogP contribution in [-0.2, 0) is 0 Å². The minimum Gasteiger partial charge on any atom is -0.493 e. The van der Waals surface area contributed by atoms with Crippen LogP contribution in [0.3, 0.4) is 0 Å². The van der Waals surface area contributed by atoms with Crippen molar-refractivity contribution in [2.75, 3.05) is 83.4 Å². The fraction of sp³-hybridized carbons (Fsp3) is 0.422. The molecule has 2 spiro atoms. The van der Waals surface area contributed by atoms with Gasteiger partial charge in [0.15, 0.2) is 22.8 Å². The normalized spacial score (nSPS) is 17.9. The minimum atomic E-state index is 0.312. The summed E-state index contributed by atoms with van der Waals surface area (Å²) in [6.45, 7) is 17.9. The number of hydrogen-bond acceptors (Lipinski definition) is 12. The molecule has 0 bridgehead atoms. The number of pyridine rings is 4. The van der Waals surface area contributed by atoms with E-state index in [1.54, 1.807) is 35.9 Å². The van der Waals surface area contributed by atoms with Crippen LogP contribution in [0, 0.1) is 10.8 Å². The molecule has 61 heavy (non-hydrogen) atoms. The molecule has 4 fully saturated rings. The van der Waals surface area contributed by atoms with E-state index < -0.39 is 0 Å². The second-order valence-corrected chi connectivity index (χ2v) is 18.4. The monoisotopic (exact) mass is 820 g/mol. The van der Waals surface area contributed by atoms with Crippen LogP contribution in [0.4, 0.5) is 11.6 Å². The maximum atomic E-state index is 5.58. The standard InChI is InChI=1S/C23H27N7O.C22H25N7O/c1-14(2)19-20(15-7-17(31-4)22-24-13-25-30(22)8-15)26-16-5-6-18(27-21(16)19)29-11-23(12-29)9-28(3)10-23;1-13(2)18-19(14-6-16(30-3)21-24-12-25-29(21)7-14)26-15-4-5-17(27-20(15)18)28-10-22(11-28)8-23-9-22/h5-8,13-14,26H,9-12H2,1-4H3;4-7,12-13,23,26H,8-11H2,1-3H3. The summed E-state index contributed by atoms with van der Waals surface area (Å²) in [4.78, 5) is 33.2. The number of fused-ring (bicyclic) bond motifs is 4. The summed E-state index contributed by atoms with van der Waals surface area (Å²) in [5, 5.41) is 12.0. The molecule has 8 aromatic heterocycles. The van der Waals surface area contributed by atoms with Crippen molar-refractivity contribution in [2.24, 2.45) is 10.8 Å². The number of H-pyrrole nitrogens is 2. The van der Waals surface area contributed by atoms with Gasteiger partial charge in [0.05, 0.1) is 47.7 Å². The molecule has 0 unspecified atom stereocenters. The molecule has 16 heteroatoms. The predicted molar refractivity (Wildman–Crippen MR) is 237 cm³/mol. The third-order valence-corrected chi connectivity index (χ3v) is 13.1. The highest BCUT2D eigenvalue weighted by Gasteiger charge is 2.51. The van der Waals surface area contributed by atoms with Crippen LogP contribution in [0.1, 0.15) is 50.7 Å². The molecule has 8 aromatic rings. The Kier molecular flexibility index (Phi) is 8.59. The van der Waals surface area contributed by atoms with E-state index in [1.165, 1.54) is 24.2 Å². The van der Waals surface area contributed by atoms with Gasteiger partial charge >= 0.3 is 0 Å². The number of hydrogen-bond donors (Lipinski definition) is 3. The number of aromatic amines is 2. The lowest BCUT2D eigenvalue weighted by atomic mass is 9.73. The topological polar surface area (TPSA) is 158 Å². The molecule has 4 aliphatic heterocycles. The van der Waals surface area contributed by atoms with E-state index in [1.807, 2.05) is 24.5 Å². The van der Waals surface area contributed by atoms with Crippen molar-refractivity contribution in [1.82, 2.24) is 59.3 Å². The van der Waals surface area contributed by atoms with Crippen LogP contribution in [0.5, 0.6) is 11.5 Å². The second-order valence-electron chi connectivity index (χ2n) is 18.4. The lowest BCUT2D eigenvalue weighted by Gasteiger charge is -2.59. The zero-order valence-electron chi connectivity index (χ0n) is 35.8. The van der Waals surface area contributed by atoms with Gasteiger partial charge in [-0.2, -0.15) is 10.2 Å². The Morgan fingerprint density at radius 1 is 0.623 bits per heavy atom. The average Bonchev–Trinajstić information content (AvgIpc) is 4.01. The van der Waals surface area contributed by atoms with Crippen molar-refractivity contribution in [3.05, 3.63) is 72.6 Å². The molecule has 3 N–H and O–H groups in total. The van der Waals surface area contributed by atoms with Crippen LogP contribution >= 0.6 is 0 Å². The number of aromatic nitrogens is 10. The van der Waals surface area contributed by atoms with Crippen LogP contribution in [0.15, 0.2) is 61.4 Å². The first-order chi connectivity index (χ1) is 29.5. The summed E-state index contributed by atoms with van der Waals surface area (Å²) in [5.74, 6) is 4.17. The third-order valence-electron chi connectivity index (χ3n) is 13.1. The van der Waals surface area contributed by atoms with Gasteiger partial charge in [-0.3, -0.25) is 0 Å². The fourth-order valence-corrected chi connectivity index (χ4v) is 10.3. The van der Waals surface area contributed by atoms with Crippen LogP contribution < -0.4 is 24.6 Å². The molecule has 0 aromatic carbocycles. The van der Waals surface area contributed by atoms with Gasteiger partial charge in [0.1, 0.15) is 24.3 Å². The van der Waals surface area contributed by atoms with E-state index in [0.717, 1.165) is 95.5 Å². The Balaban J connectivity index is 0.000000138. The Hall–Kier alpha value is -6.26. The molecule has 4 aliphatic rings. The summed E-state index contributed by atoms with van der Waals surface area (Å²) >= 11 is 0. The SMILES string of the molecule is COc1cc(-c2[nH]c3ccc(N4CC5(CN(C)C5)C4)nc3c2C(C)C)cn2ncnc12.COc1cc(-c2[nH]c3ccc(N4CC5(CNC5)C4)nc3c2C(C)C)cn2ncnc12. The maximum absolute atomic E-state index is 5.58. The lowest BCUT2D eigenvalue weighted by Crippen LogP contribution is -2.71. The molecule has 0 atom stereocenters. The van der Waals surface area contributed by atoms with Crippen molar-refractivity contribution < 1.29 is 9.47 Å². The van der Waals surface area contributed by atoms with Gasteiger partial charge in [-0.25, -0.2) is 29.0 Å². The molecule has 4 saturated heterocycles. The number of rotatable bonds is 8. The number of nitrogens with one attached hydrogen (secondary N) is 3. The van der Waals surface area contributed by atoms with E-state index in [0.29, 0.717) is 45.5 Å². The summed E-state index contributed by atoms with van der Waals surface area (Å²) in [7, 11) is 5.52. The lowest BCUT2D eigenvalue weighted by molar-refractivity contribution is -0.00277. The third kappa shape index (κ3) is 6.09. The van der Waals surface area contributed by atoms with Crippen LogP contribution in [-0.4, -0.2) is 128 Å². The van der Waals surface area contributed by atoms with Crippen molar-refractivity contribution in [1.29, 1.82) is 0 Å². The van der Waals surface area contributed by atoms with Crippen molar-refractivity contribution >= 4 is 45.0 Å². The zero-order valence-corrected chi connectivity index (χ0v) is 35.8. The minimum absolute atomic E-state index is 0.312. The highest BCUT2D eigenvalue weighted by atomic mass is 16.5. The van der Waals surface area contributed by atoms with Gasteiger partial charge < -0.3 is 39.5 Å². The number of likely N-dealkylation sites (tertiary alicyclic amines) is 1. The van der Waals surface area contributed by atoms with Crippen LogP contribution in [0.25, 0.3) is 55.9 Å². The molecule has 12 rings (SSSR count). The predicted octanol–water partition coefficient (Wildman–Crippen LogP) is 5.97. The molecule has 0 amide bonds. The number of methoxy groups -OCH3 is 2. The number of anilines is 2. The van der Waals surface area contributed by atoms with E-state index in [2.05, 4.69) is 109 Å². The number of ether oxygens (including phenoxy) is 2. The smallest absolute Gasteiger partial charge is 0.197 e. The van der Waals surface area contributed by atoms with Crippen molar-refractivity contribution in [3.63, 3.8) is 0 Å². The van der Waals surface area contributed by atoms with Crippen molar-refractivity contribution in [2.45, 2.75) is 39.5 Å². The maximum Gasteiger partial charge on any atom is 0.197 e. The fourth-order valence-electron chi connectivity index (χ4n) is 10.3. The van der Waals surface area contributed by atoms with Gasteiger partial charge in [0, 0.05) is 97.8 Å². The quantitative estimate of drug-likeness (QED) is 0.165. The Morgan fingerprint density at radius 2 is 1.08 bits per heavy atom. The van der Waals surface area contributed by atoms with Gasteiger partial charge in [0.2, 0.25) is 0 Å². The molecular weight excluding hydrogens is 769 g/mol. The first kappa shape index (κ1) is 37.7. The van der Waals surface area contributed by atoms with Gasteiger partial charge in [-0.15, -0.1) is 0 Å². The van der Waals surface area contributed by atoms with E-state index >= 15 is 0 Å². The summed E-state index contributed by atoms with van der Waals surface area (Å²) in [5.41, 5.74) is 13.2.